The van der Waals surface area contributed by atoms with Crippen molar-refractivity contribution in [2.24, 2.45) is 0 Å². The molecular formula is C19H20N2O2S. The standard InChI is InChI=1S/C19H20N2O2S/c1-2-13-7-5-6-12-21(13)19(22)16-11-10-15(23-16)18-20-14-8-3-4-9-17(14)24-18/h3-4,8-11,13H,2,5-7,12H2,1H3. The molecule has 0 bridgehead atoms. The fourth-order valence-electron chi connectivity index (χ4n) is 3.38. The smallest absolute Gasteiger partial charge is 0.289 e. The van der Waals surface area contributed by atoms with Crippen molar-refractivity contribution in [3.8, 4) is 10.8 Å². The normalized spacial score (nSPS) is 18.2. The van der Waals surface area contributed by atoms with E-state index in [0.717, 1.165) is 41.0 Å². The van der Waals surface area contributed by atoms with Gasteiger partial charge in [-0.3, -0.25) is 4.79 Å². The lowest BCUT2D eigenvalue weighted by Gasteiger charge is -2.34. The molecule has 2 aromatic heterocycles. The summed E-state index contributed by atoms with van der Waals surface area (Å²) in [7, 11) is 0. The number of fused-ring (bicyclic) bond motifs is 1. The van der Waals surface area contributed by atoms with Gasteiger partial charge in [-0.15, -0.1) is 11.3 Å². The van der Waals surface area contributed by atoms with Gasteiger partial charge >= 0.3 is 0 Å². The molecule has 0 aliphatic carbocycles. The number of furan rings is 1. The summed E-state index contributed by atoms with van der Waals surface area (Å²) in [6.45, 7) is 2.97. The second kappa shape index (κ2) is 6.40. The van der Waals surface area contributed by atoms with Gasteiger partial charge in [0.1, 0.15) is 0 Å². The van der Waals surface area contributed by atoms with E-state index in [2.05, 4.69) is 11.9 Å². The Hall–Kier alpha value is -2.14. The molecular weight excluding hydrogens is 320 g/mol. The van der Waals surface area contributed by atoms with Crippen molar-refractivity contribution in [2.45, 2.75) is 38.6 Å². The zero-order valence-electron chi connectivity index (χ0n) is 13.7. The van der Waals surface area contributed by atoms with Crippen LogP contribution in [-0.2, 0) is 0 Å². The molecule has 24 heavy (non-hydrogen) atoms. The first-order valence-electron chi connectivity index (χ1n) is 8.53. The summed E-state index contributed by atoms with van der Waals surface area (Å²) in [5, 5.41) is 0.820. The number of hydrogen-bond acceptors (Lipinski definition) is 4. The van der Waals surface area contributed by atoms with E-state index in [-0.39, 0.29) is 5.91 Å². The van der Waals surface area contributed by atoms with E-state index in [1.54, 1.807) is 17.4 Å². The van der Waals surface area contributed by atoms with Crippen molar-refractivity contribution >= 4 is 27.5 Å². The highest BCUT2D eigenvalue weighted by Gasteiger charge is 2.28. The summed E-state index contributed by atoms with van der Waals surface area (Å²) in [5.41, 5.74) is 0.962. The highest BCUT2D eigenvalue weighted by atomic mass is 32.1. The van der Waals surface area contributed by atoms with Crippen LogP contribution in [0.3, 0.4) is 0 Å². The average molecular weight is 340 g/mol. The van der Waals surface area contributed by atoms with Crippen molar-refractivity contribution in [3.05, 3.63) is 42.2 Å². The van der Waals surface area contributed by atoms with Gasteiger partial charge in [0.2, 0.25) is 0 Å². The molecule has 1 amide bonds. The Morgan fingerprint density at radius 1 is 1.29 bits per heavy atom. The first-order valence-corrected chi connectivity index (χ1v) is 9.34. The van der Waals surface area contributed by atoms with E-state index >= 15 is 0 Å². The number of piperidine rings is 1. The van der Waals surface area contributed by atoms with Crippen molar-refractivity contribution < 1.29 is 9.21 Å². The van der Waals surface area contributed by atoms with Gasteiger partial charge < -0.3 is 9.32 Å². The summed E-state index contributed by atoms with van der Waals surface area (Å²) in [4.78, 5) is 19.4. The van der Waals surface area contributed by atoms with Crippen LogP contribution < -0.4 is 0 Å². The third-order valence-electron chi connectivity index (χ3n) is 4.68. The number of benzene rings is 1. The topological polar surface area (TPSA) is 46.3 Å². The predicted octanol–water partition coefficient (Wildman–Crippen LogP) is 4.96. The van der Waals surface area contributed by atoms with Gasteiger partial charge in [0.05, 0.1) is 10.2 Å². The fourth-order valence-corrected chi connectivity index (χ4v) is 4.31. The molecule has 0 spiro atoms. The number of para-hydroxylation sites is 1. The van der Waals surface area contributed by atoms with E-state index < -0.39 is 0 Å². The van der Waals surface area contributed by atoms with Crippen molar-refractivity contribution in [1.82, 2.24) is 9.88 Å². The maximum absolute atomic E-state index is 12.8. The van der Waals surface area contributed by atoms with Gasteiger partial charge in [-0.2, -0.15) is 0 Å². The lowest BCUT2D eigenvalue weighted by Crippen LogP contribution is -2.43. The molecule has 1 fully saturated rings. The number of amides is 1. The number of carbonyl (C=O) groups excluding carboxylic acids is 1. The maximum atomic E-state index is 12.8. The first-order chi connectivity index (χ1) is 11.8. The predicted molar refractivity (Wildman–Crippen MR) is 96.3 cm³/mol. The number of rotatable bonds is 3. The zero-order valence-corrected chi connectivity index (χ0v) is 14.5. The van der Waals surface area contributed by atoms with E-state index in [1.807, 2.05) is 35.2 Å². The SMILES string of the molecule is CCC1CCCCN1C(=O)c1ccc(-c2nc3ccccc3s2)o1. The van der Waals surface area contributed by atoms with E-state index in [9.17, 15) is 4.79 Å². The summed E-state index contributed by atoms with van der Waals surface area (Å²) < 4.78 is 6.99. The van der Waals surface area contributed by atoms with Gasteiger partial charge in [-0.25, -0.2) is 4.98 Å². The molecule has 0 saturated carbocycles. The number of carbonyl (C=O) groups is 1. The van der Waals surface area contributed by atoms with Gasteiger partial charge in [0.25, 0.3) is 5.91 Å². The van der Waals surface area contributed by atoms with Gasteiger partial charge in [-0.05, 0) is 49.9 Å². The van der Waals surface area contributed by atoms with Crippen LogP contribution >= 0.6 is 11.3 Å². The Morgan fingerprint density at radius 3 is 3.00 bits per heavy atom. The van der Waals surface area contributed by atoms with Crippen molar-refractivity contribution in [3.63, 3.8) is 0 Å². The number of likely N-dealkylation sites (tertiary alicyclic amines) is 1. The lowest BCUT2D eigenvalue weighted by molar-refractivity contribution is 0.0576. The second-order valence-electron chi connectivity index (χ2n) is 6.21. The van der Waals surface area contributed by atoms with Gasteiger partial charge in [-0.1, -0.05) is 19.1 Å². The Bertz CT molecular complexity index is 834. The molecule has 4 rings (SSSR count). The Labute approximate surface area is 145 Å². The van der Waals surface area contributed by atoms with Crippen LogP contribution in [0, 0.1) is 0 Å². The average Bonchev–Trinajstić information content (AvgIpc) is 3.27. The minimum atomic E-state index is 0.00825. The minimum absolute atomic E-state index is 0.00825. The molecule has 0 radical (unpaired) electrons. The van der Waals surface area contributed by atoms with Crippen molar-refractivity contribution in [2.75, 3.05) is 6.54 Å². The molecule has 1 atom stereocenters. The number of hydrogen-bond donors (Lipinski definition) is 0. The highest BCUT2D eigenvalue weighted by molar-refractivity contribution is 7.21. The van der Waals surface area contributed by atoms with E-state index in [0.29, 0.717) is 17.6 Å². The van der Waals surface area contributed by atoms with E-state index in [4.69, 9.17) is 4.42 Å². The zero-order chi connectivity index (χ0) is 16.5. The first kappa shape index (κ1) is 15.4. The minimum Gasteiger partial charge on any atom is -0.448 e. The number of thiazole rings is 1. The summed E-state index contributed by atoms with van der Waals surface area (Å²) in [6.07, 6.45) is 4.37. The van der Waals surface area contributed by atoms with Crippen LogP contribution in [0.15, 0.2) is 40.8 Å². The molecule has 0 N–H and O–H groups in total. The molecule has 1 saturated heterocycles. The van der Waals surface area contributed by atoms with Crippen LogP contribution in [0.5, 0.6) is 0 Å². The molecule has 3 heterocycles. The Kier molecular flexibility index (Phi) is 4.10. The van der Waals surface area contributed by atoms with Crippen LogP contribution in [-0.4, -0.2) is 28.4 Å². The van der Waals surface area contributed by atoms with Gasteiger partial charge in [0, 0.05) is 12.6 Å². The molecule has 1 aliphatic rings. The quantitative estimate of drug-likeness (QED) is 0.677. The molecule has 4 nitrogen and oxygen atoms in total. The lowest BCUT2D eigenvalue weighted by atomic mass is 10.00. The number of aromatic nitrogens is 1. The molecule has 3 aromatic rings. The van der Waals surface area contributed by atoms with Crippen LogP contribution in [0.25, 0.3) is 21.0 Å². The summed E-state index contributed by atoms with van der Waals surface area (Å²) in [5.74, 6) is 1.10. The number of nitrogens with zero attached hydrogens (tertiary/aromatic N) is 2. The largest absolute Gasteiger partial charge is 0.448 e. The van der Waals surface area contributed by atoms with Crippen LogP contribution in [0.2, 0.25) is 0 Å². The van der Waals surface area contributed by atoms with Crippen LogP contribution in [0.4, 0.5) is 0 Å². The molecule has 1 aromatic carbocycles. The highest BCUT2D eigenvalue weighted by Crippen LogP contribution is 2.32. The fraction of sp³-hybridized carbons (Fsp3) is 0.368. The van der Waals surface area contributed by atoms with Gasteiger partial charge in [0.15, 0.2) is 16.5 Å². The monoisotopic (exact) mass is 340 g/mol. The molecule has 1 unspecified atom stereocenters. The third-order valence-corrected chi connectivity index (χ3v) is 5.73. The second-order valence-corrected chi connectivity index (χ2v) is 7.24. The maximum Gasteiger partial charge on any atom is 0.289 e. The van der Waals surface area contributed by atoms with Crippen molar-refractivity contribution in [1.29, 1.82) is 0 Å². The third kappa shape index (κ3) is 2.73. The van der Waals surface area contributed by atoms with E-state index in [1.165, 1.54) is 6.42 Å². The molecule has 124 valence electrons. The van der Waals surface area contributed by atoms with Crippen LogP contribution in [0.1, 0.15) is 43.2 Å². The summed E-state index contributed by atoms with van der Waals surface area (Å²) >= 11 is 1.59. The molecule has 5 heteroatoms. The summed E-state index contributed by atoms with van der Waals surface area (Å²) in [6, 6.07) is 12.0. The Balaban J connectivity index is 1.61. The Morgan fingerprint density at radius 2 is 2.17 bits per heavy atom. The molecule has 1 aliphatic heterocycles.